The summed E-state index contributed by atoms with van der Waals surface area (Å²) in [6.45, 7) is 4.11. The zero-order valence-corrected chi connectivity index (χ0v) is 14.8. The minimum absolute atomic E-state index is 0.0156. The second kappa shape index (κ2) is 6.31. The molecule has 2 N–H and O–H groups in total. The molecule has 0 fully saturated rings. The molecule has 5 heteroatoms. The third-order valence-corrected chi connectivity index (χ3v) is 6.16. The van der Waals surface area contributed by atoms with Gasteiger partial charge in [-0.15, -0.1) is 0 Å². The van der Waals surface area contributed by atoms with Crippen molar-refractivity contribution in [2.75, 3.05) is 6.54 Å². The van der Waals surface area contributed by atoms with Crippen LogP contribution in [-0.4, -0.2) is 20.1 Å². The number of aryl methyl sites for hydroxylation is 1. The van der Waals surface area contributed by atoms with Crippen molar-refractivity contribution in [1.29, 1.82) is 0 Å². The van der Waals surface area contributed by atoms with Crippen LogP contribution in [-0.2, 0) is 22.0 Å². The molecule has 1 atom stereocenters. The molecule has 4 nitrogen and oxygen atoms in total. The van der Waals surface area contributed by atoms with Crippen molar-refractivity contribution >= 4 is 10.0 Å². The van der Waals surface area contributed by atoms with Gasteiger partial charge >= 0.3 is 0 Å². The topological polar surface area (TPSA) is 66.4 Å². The smallest absolute Gasteiger partial charge is 0.240 e. The van der Waals surface area contributed by atoms with Crippen molar-refractivity contribution < 1.29 is 13.5 Å². The summed E-state index contributed by atoms with van der Waals surface area (Å²) in [6, 6.07) is 14.5. The fourth-order valence-electron chi connectivity index (χ4n) is 3.18. The Morgan fingerprint density at radius 1 is 1.12 bits per heavy atom. The number of fused-ring (bicyclic) bond motifs is 1. The van der Waals surface area contributed by atoms with Gasteiger partial charge < -0.3 is 5.11 Å². The Hall–Kier alpha value is -1.69. The average Bonchev–Trinajstić information content (AvgIpc) is 2.92. The van der Waals surface area contributed by atoms with Crippen LogP contribution in [0.2, 0.25) is 0 Å². The lowest BCUT2D eigenvalue weighted by Crippen LogP contribution is -2.39. The predicted molar refractivity (Wildman–Crippen MR) is 94.4 cm³/mol. The molecule has 2 aromatic rings. The van der Waals surface area contributed by atoms with Crippen LogP contribution >= 0.6 is 0 Å². The fourth-order valence-corrected chi connectivity index (χ4v) is 4.27. The largest absolute Gasteiger partial charge is 0.384 e. The van der Waals surface area contributed by atoms with Crippen molar-refractivity contribution in [3.63, 3.8) is 0 Å². The van der Waals surface area contributed by atoms with Gasteiger partial charge in [0.15, 0.2) is 0 Å². The minimum Gasteiger partial charge on any atom is -0.384 e. The summed E-state index contributed by atoms with van der Waals surface area (Å²) in [4.78, 5) is 0.224. The van der Waals surface area contributed by atoms with Gasteiger partial charge in [0.25, 0.3) is 0 Å². The van der Waals surface area contributed by atoms with E-state index in [1.807, 2.05) is 36.4 Å². The third-order valence-electron chi connectivity index (χ3n) is 4.74. The molecule has 0 amide bonds. The fraction of sp³-hybridized carbons (Fsp3) is 0.368. The lowest BCUT2D eigenvalue weighted by atomic mass is 9.96. The van der Waals surface area contributed by atoms with E-state index in [2.05, 4.69) is 18.6 Å². The molecule has 3 rings (SSSR count). The van der Waals surface area contributed by atoms with Gasteiger partial charge in [-0.1, -0.05) is 50.2 Å². The Morgan fingerprint density at radius 3 is 2.46 bits per heavy atom. The van der Waals surface area contributed by atoms with Crippen LogP contribution in [0.15, 0.2) is 53.4 Å². The first-order valence-corrected chi connectivity index (χ1v) is 9.70. The molecule has 2 aromatic carbocycles. The molecular weight excluding hydrogens is 322 g/mol. The molecule has 24 heavy (non-hydrogen) atoms. The van der Waals surface area contributed by atoms with E-state index in [-0.39, 0.29) is 11.4 Å². The average molecular weight is 345 g/mol. The molecule has 0 bridgehead atoms. The highest BCUT2D eigenvalue weighted by atomic mass is 32.2. The van der Waals surface area contributed by atoms with Crippen molar-refractivity contribution in [3.8, 4) is 0 Å². The van der Waals surface area contributed by atoms with Gasteiger partial charge in [-0.25, -0.2) is 13.1 Å². The molecule has 0 aromatic heterocycles. The highest BCUT2D eigenvalue weighted by Crippen LogP contribution is 2.36. The molecule has 1 unspecified atom stereocenters. The van der Waals surface area contributed by atoms with Gasteiger partial charge in [-0.05, 0) is 47.6 Å². The van der Waals surface area contributed by atoms with E-state index in [4.69, 9.17) is 0 Å². The van der Waals surface area contributed by atoms with Crippen molar-refractivity contribution in [2.24, 2.45) is 0 Å². The standard InChI is InChI=1S/C19H23NO3S/c1-14(2)15-7-9-17(10-8-15)24(22,23)20-13-19(21)12-11-16-5-3-4-6-18(16)19/h3-10,14,20-21H,11-13H2,1-2H3. The molecule has 0 radical (unpaired) electrons. The zero-order chi connectivity index (χ0) is 17.4. The molecular formula is C19H23NO3S. The Morgan fingerprint density at radius 2 is 1.79 bits per heavy atom. The minimum atomic E-state index is -3.64. The van der Waals surface area contributed by atoms with Crippen molar-refractivity contribution in [1.82, 2.24) is 4.72 Å². The highest BCUT2D eigenvalue weighted by Gasteiger charge is 2.37. The van der Waals surface area contributed by atoms with Crippen LogP contribution in [0.1, 0.15) is 42.9 Å². The highest BCUT2D eigenvalue weighted by molar-refractivity contribution is 7.89. The second-order valence-corrected chi connectivity index (χ2v) is 8.50. The molecule has 0 aliphatic heterocycles. The van der Waals surface area contributed by atoms with Gasteiger partial charge in [0, 0.05) is 6.54 Å². The van der Waals surface area contributed by atoms with E-state index in [0.717, 1.165) is 23.1 Å². The molecule has 0 spiro atoms. The summed E-state index contributed by atoms with van der Waals surface area (Å²) in [5, 5.41) is 10.8. The summed E-state index contributed by atoms with van der Waals surface area (Å²) in [7, 11) is -3.64. The number of hydrogen-bond donors (Lipinski definition) is 2. The number of nitrogens with one attached hydrogen (secondary N) is 1. The van der Waals surface area contributed by atoms with E-state index in [9.17, 15) is 13.5 Å². The third kappa shape index (κ3) is 3.24. The maximum atomic E-state index is 12.5. The first-order chi connectivity index (χ1) is 11.3. The van der Waals surface area contributed by atoms with Crippen LogP contribution in [0.25, 0.3) is 0 Å². The molecule has 1 aliphatic carbocycles. The van der Waals surface area contributed by atoms with Crippen molar-refractivity contribution in [3.05, 3.63) is 65.2 Å². The lowest BCUT2D eigenvalue weighted by molar-refractivity contribution is 0.0442. The molecule has 0 saturated carbocycles. The number of benzene rings is 2. The van der Waals surface area contributed by atoms with E-state index in [0.29, 0.717) is 12.3 Å². The first kappa shape index (κ1) is 17.1. The Balaban J connectivity index is 1.76. The van der Waals surface area contributed by atoms with Crippen LogP contribution in [0.3, 0.4) is 0 Å². The quantitative estimate of drug-likeness (QED) is 0.876. The van der Waals surface area contributed by atoms with E-state index in [1.54, 1.807) is 12.1 Å². The monoisotopic (exact) mass is 345 g/mol. The first-order valence-electron chi connectivity index (χ1n) is 8.22. The maximum absolute atomic E-state index is 12.5. The van der Waals surface area contributed by atoms with E-state index < -0.39 is 15.6 Å². The second-order valence-electron chi connectivity index (χ2n) is 6.74. The van der Waals surface area contributed by atoms with Crippen molar-refractivity contribution in [2.45, 2.75) is 43.1 Å². The molecule has 1 aliphatic rings. The Bertz CT molecular complexity index is 828. The number of rotatable bonds is 5. The van der Waals surface area contributed by atoms with Crippen LogP contribution in [0.4, 0.5) is 0 Å². The van der Waals surface area contributed by atoms with Crippen LogP contribution in [0.5, 0.6) is 0 Å². The maximum Gasteiger partial charge on any atom is 0.240 e. The lowest BCUT2D eigenvalue weighted by Gasteiger charge is -2.24. The van der Waals surface area contributed by atoms with Gasteiger partial charge in [-0.2, -0.15) is 0 Å². The van der Waals surface area contributed by atoms with Gasteiger partial charge in [-0.3, -0.25) is 0 Å². The van der Waals surface area contributed by atoms with E-state index >= 15 is 0 Å². The summed E-state index contributed by atoms with van der Waals surface area (Å²) in [5.41, 5.74) is 1.86. The predicted octanol–water partition coefficient (Wildman–Crippen LogP) is 2.92. The molecule has 0 heterocycles. The summed E-state index contributed by atoms with van der Waals surface area (Å²) in [6.07, 6.45) is 1.29. The Kier molecular flexibility index (Phi) is 4.51. The van der Waals surface area contributed by atoms with Crippen LogP contribution in [0, 0.1) is 0 Å². The van der Waals surface area contributed by atoms with Crippen LogP contribution < -0.4 is 4.72 Å². The van der Waals surface area contributed by atoms with Gasteiger partial charge in [0.2, 0.25) is 10.0 Å². The molecule has 0 saturated heterocycles. The zero-order valence-electron chi connectivity index (χ0n) is 14.0. The van der Waals surface area contributed by atoms with Gasteiger partial charge in [0.1, 0.15) is 5.60 Å². The summed E-state index contributed by atoms with van der Waals surface area (Å²) < 4.78 is 27.6. The number of hydrogen-bond acceptors (Lipinski definition) is 3. The van der Waals surface area contributed by atoms with Gasteiger partial charge in [0.05, 0.1) is 4.90 Å². The number of aliphatic hydroxyl groups is 1. The normalized spacial score (nSPS) is 20.3. The SMILES string of the molecule is CC(C)c1ccc(S(=O)(=O)NCC2(O)CCc3ccccc32)cc1. The molecule has 128 valence electrons. The summed E-state index contributed by atoms with van der Waals surface area (Å²) in [5.74, 6) is 0.352. The van der Waals surface area contributed by atoms with E-state index in [1.165, 1.54) is 0 Å². The number of sulfonamides is 1. The Labute approximate surface area is 143 Å². The summed E-state index contributed by atoms with van der Waals surface area (Å²) >= 11 is 0.